The molecule has 0 spiro atoms. The second-order valence-electron chi connectivity index (χ2n) is 5.56. The van der Waals surface area contributed by atoms with Crippen molar-refractivity contribution in [2.45, 2.75) is 13.8 Å². The number of carbonyl (C=O) groups is 1. The molecular formula is C20H18N2O2. The number of aryl methyl sites for hydroxylation is 1. The molecule has 0 bridgehead atoms. The highest BCUT2D eigenvalue weighted by Crippen LogP contribution is 2.11. The molecule has 0 aliphatic heterocycles. The number of rotatable bonds is 4. The summed E-state index contributed by atoms with van der Waals surface area (Å²) in [6.45, 7) is 3.78. The molecule has 0 fully saturated rings. The Hall–Kier alpha value is -3.14. The zero-order valence-corrected chi connectivity index (χ0v) is 13.6. The van der Waals surface area contributed by atoms with Crippen molar-refractivity contribution in [3.8, 4) is 5.69 Å². The first-order chi connectivity index (χ1) is 11.6. The molecule has 3 rings (SSSR count). The lowest BCUT2D eigenvalue weighted by molar-refractivity contribution is 0.0516. The highest BCUT2D eigenvalue weighted by Gasteiger charge is 2.07. The largest absolute Gasteiger partial charge is 0.365 e. The van der Waals surface area contributed by atoms with Crippen molar-refractivity contribution >= 4 is 11.7 Å². The summed E-state index contributed by atoms with van der Waals surface area (Å²) in [6, 6.07) is 19.0. The number of oxime groups is 1. The van der Waals surface area contributed by atoms with Crippen molar-refractivity contribution < 1.29 is 9.63 Å². The molecule has 2 aromatic carbocycles. The molecule has 0 aliphatic rings. The monoisotopic (exact) mass is 318 g/mol. The van der Waals surface area contributed by atoms with Gasteiger partial charge in [-0.25, -0.2) is 4.79 Å². The summed E-state index contributed by atoms with van der Waals surface area (Å²) in [4.78, 5) is 17.0. The first kappa shape index (κ1) is 15.7. The normalized spacial score (nSPS) is 11.3. The number of hydrogen-bond acceptors (Lipinski definition) is 3. The maximum Gasteiger partial charge on any atom is 0.365 e. The molecule has 0 amide bonds. The van der Waals surface area contributed by atoms with E-state index in [9.17, 15) is 4.79 Å². The number of carbonyl (C=O) groups excluding carboxylic acids is 1. The van der Waals surface area contributed by atoms with Crippen LogP contribution >= 0.6 is 0 Å². The SMILES string of the molecule is C/C(=N\OC(=O)c1ccc(C)cc1)c1ccc(-n2cccc2)cc1. The molecule has 0 N–H and O–H groups in total. The predicted molar refractivity (Wildman–Crippen MR) is 94.6 cm³/mol. The zero-order valence-electron chi connectivity index (χ0n) is 13.6. The average molecular weight is 318 g/mol. The molecule has 0 aliphatic carbocycles. The minimum absolute atomic E-state index is 0.460. The van der Waals surface area contributed by atoms with Crippen molar-refractivity contribution in [2.75, 3.05) is 0 Å². The van der Waals surface area contributed by atoms with Crippen LogP contribution < -0.4 is 0 Å². The van der Waals surface area contributed by atoms with Gasteiger partial charge in [0.05, 0.1) is 11.3 Å². The van der Waals surface area contributed by atoms with Gasteiger partial charge in [0.2, 0.25) is 0 Å². The lowest BCUT2D eigenvalue weighted by Crippen LogP contribution is -2.04. The Labute approximate surface area is 141 Å². The smallest absolute Gasteiger partial charge is 0.324 e. The van der Waals surface area contributed by atoms with Gasteiger partial charge in [0.15, 0.2) is 0 Å². The van der Waals surface area contributed by atoms with Crippen molar-refractivity contribution in [2.24, 2.45) is 5.16 Å². The third kappa shape index (κ3) is 3.60. The van der Waals surface area contributed by atoms with Gasteiger partial charge in [-0.3, -0.25) is 0 Å². The van der Waals surface area contributed by atoms with Crippen LogP contribution in [0, 0.1) is 6.92 Å². The topological polar surface area (TPSA) is 43.6 Å². The van der Waals surface area contributed by atoms with Gasteiger partial charge in [-0.2, -0.15) is 0 Å². The van der Waals surface area contributed by atoms with Crippen molar-refractivity contribution in [3.63, 3.8) is 0 Å². The Kier molecular flexibility index (Phi) is 4.57. The molecule has 1 aromatic heterocycles. The van der Waals surface area contributed by atoms with Crippen molar-refractivity contribution in [1.82, 2.24) is 4.57 Å². The van der Waals surface area contributed by atoms with Crippen LogP contribution in [-0.2, 0) is 4.84 Å². The van der Waals surface area contributed by atoms with Crippen LogP contribution in [0.4, 0.5) is 0 Å². The van der Waals surface area contributed by atoms with Gasteiger partial charge in [0.1, 0.15) is 0 Å². The third-order valence-electron chi connectivity index (χ3n) is 3.74. The Morgan fingerprint density at radius 3 is 2.12 bits per heavy atom. The summed E-state index contributed by atoms with van der Waals surface area (Å²) < 4.78 is 2.02. The second-order valence-corrected chi connectivity index (χ2v) is 5.56. The van der Waals surface area contributed by atoms with E-state index in [4.69, 9.17) is 4.84 Å². The van der Waals surface area contributed by atoms with E-state index < -0.39 is 5.97 Å². The second kappa shape index (κ2) is 6.96. The zero-order chi connectivity index (χ0) is 16.9. The van der Waals surface area contributed by atoms with Gasteiger partial charge < -0.3 is 9.40 Å². The summed E-state index contributed by atoms with van der Waals surface area (Å²) in [5.74, 6) is -0.460. The van der Waals surface area contributed by atoms with Crippen LogP contribution in [0.1, 0.15) is 28.4 Å². The quantitative estimate of drug-likeness (QED) is 0.407. The van der Waals surface area contributed by atoms with E-state index >= 15 is 0 Å². The van der Waals surface area contributed by atoms with E-state index in [2.05, 4.69) is 5.16 Å². The van der Waals surface area contributed by atoms with Crippen LogP contribution in [0.3, 0.4) is 0 Å². The lowest BCUT2D eigenvalue weighted by atomic mass is 10.1. The van der Waals surface area contributed by atoms with E-state index in [1.54, 1.807) is 12.1 Å². The molecule has 4 heteroatoms. The Balaban J connectivity index is 1.69. The fourth-order valence-corrected chi connectivity index (χ4v) is 2.29. The number of aromatic nitrogens is 1. The van der Waals surface area contributed by atoms with Gasteiger partial charge in [-0.1, -0.05) is 35.0 Å². The maximum atomic E-state index is 12.0. The van der Waals surface area contributed by atoms with Gasteiger partial charge in [0, 0.05) is 18.1 Å². The predicted octanol–water partition coefficient (Wildman–Crippen LogP) is 4.37. The van der Waals surface area contributed by atoms with Crippen LogP contribution in [0.15, 0.2) is 78.2 Å². The first-order valence-electron chi connectivity index (χ1n) is 7.70. The van der Waals surface area contributed by atoms with E-state index in [-0.39, 0.29) is 0 Å². The molecule has 0 unspecified atom stereocenters. The average Bonchev–Trinajstić information content (AvgIpc) is 3.15. The molecule has 24 heavy (non-hydrogen) atoms. The standard InChI is InChI=1S/C20H18N2O2/c1-15-5-7-18(8-6-15)20(23)24-21-16(2)17-9-11-19(12-10-17)22-13-3-4-14-22/h3-14H,1-2H3/b21-16+. The minimum atomic E-state index is -0.460. The molecule has 0 radical (unpaired) electrons. The van der Waals surface area contributed by atoms with Crippen LogP contribution in [0.5, 0.6) is 0 Å². The van der Waals surface area contributed by atoms with Crippen molar-refractivity contribution in [3.05, 3.63) is 89.7 Å². The molecular weight excluding hydrogens is 300 g/mol. The Morgan fingerprint density at radius 1 is 0.917 bits per heavy atom. The molecule has 4 nitrogen and oxygen atoms in total. The highest BCUT2D eigenvalue weighted by molar-refractivity contribution is 5.99. The van der Waals surface area contributed by atoms with E-state index in [0.717, 1.165) is 16.8 Å². The van der Waals surface area contributed by atoms with Gasteiger partial charge in [-0.05, 0) is 55.8 Å². The molecule has 0 saturated heterocycles. The van der Waals surface area contributed by atoms with Crippen molar-refractivity contribution in [1.29, 1.82) is 0 Å². The fourth-order valence-electron chi connectivity index (χ4n) is 2.29. The van der Waals surface area contributed by atoms with E-state index in [0.29, 0.717) is 11.3 Å². The highest BCUT2D eigenvalue weighted by atomic mass is 16.7. The molecule has 0 atom stereocenters. The molecule has 120 valence electrons. The number of benzene rings is 2. The summed E-state index contributed by atoms with van der Waals surface area (Å²) in [5, 5.41) is 3.95. The van der Waals surface area contributed by atoms with E-state index in [1.165, 1.54) is 0 Å². The third-order valence-corrected chi connectivity index (χ3v) is 3.74. The Morgan fingerprint density at radius 2 is 1.50 bits per heavy atom. The molecule has 0 saturated carbocycles. The summed E-state index contributed by atoms with van der Waals surface area (Å²) in [6.07, 6.45) is 3.97. The minimum Gasteiger partial charge on any atom is -0.324 e. The first-order valence-corrected chi connectivity index (χ1v) is 7.70. The Bertz CT molecular complexity index is 846. The molecule has 3 aromatic rings. The lowest BCUT2D eigenvalue weighted by Gasteiger charge is -2.05. The van der Waals surface area contributed by atoms with E-state index in [1.807, 2.05) is 79.3 Å². The van der Waals surface area contributed by atoms with Crippen LogP contribution in [0.25, 0.3) is 5.69 Å². The summed E-state index contributed by atoms with van der Waals surface area (Å²) in [5.41, 5.74) is 4.19. The fraction of sp³-hybridized carbons (Fsp3) is 0.100. The van der Waals surface area contributed by atoms with Gasteiger partial charge in [0.25, 0.3) is 0 Å². The van der Waals surface area contributed by atoms with Crippen LogP contribution in [0.2, 0.25) is 0 Å². The van der Waals surface area contributed by atoms with Crippen LogP contribution in [-0.4, -0.2) is 16.2 Å². The number of nitrogens with zero attached hydrogens (tertiary/aromatic N) is 2. The maximum absolute atomic E-state index is 12.0. The molecule has 1 heterocycles. The van der Waals surface area contributed by atoms with Gasteiger partial charge in [-0.15, -0.1) is 0 Å². The summed E-state index contributed by atoms with van der Waals surface area (Å²) >= 11 is 0. The van der Waals surface area contributed by atoms with Gasteiger partial charge >= 0.3 is 5.97 Å². The summed E-state index contributed by atoms with van der Waals surface area (Å²) in [7, 11) is 0. The number of hydrogen-bond donors (Lipinski definition) is 0.